The number of hydrogen-bond donors (Lipinski definition) is 1. The molecule has 2 heterocycles. The monoisotopic (exact) mass is 401 g/mol. The molecule has 1 aromatic carbocycles. The fraction of sp³-hybridized carbons (Fsp3) is 0.524. The molecule has 1 atom stereocenters. The molecule has 2 aromatic rings. The number of aromatic nitrogens is 2. The van der Waals surface area contributed by atoms with Gasteiger partial charge in [0.25, 0.3) is 0 Å². The molecule has 1 fully saturated rings. The van der Waals surface area contributed by atoms with Crippen LogP contribution in [0, 0.1) is 0 Å². The summed E-state index contributed by atoms with van der Waals surface area (Å²) >= 11 is 0. The Bertz CT molecular complexity index is 792. The van der Waals surface area contributed by atoms with Gasteiger partial charge in [0, 0.05) is 59.1 Å². The third kappa shape index (κ3) is 6.20. The average molecular weight is 402 g/mol. The van der Waals surface area contributed by atoms with Crippen LogP contribution in [0.15, 0.2) is 41.7 Å². The zero-order valence-electron chi connectivity index (χ0n) is 17.5. The molecule has 0 spiro atoms. The van der Waals surface area contributed by atoms with Crippen molar-refractivity contribution in [3.63, 3.8) is 0 Å². The number of hydrogen-bond acceptors (Lipinski definition) is 5. The van der Waals surface area contributed by atoms with Gasteiger partial charge >= 0.3 is 0 Å². The summed E-state index contributed by atoms with van der Waals surface area (Å²) in [4.78, 5) is 6.69. The van der Waals surface area contributed by atoms with Gasteiger partial charge in [-0.15, -0.1) is 0 Å². The molecule has 0 amide bonds. The molecule has 8 heteroatoms. The summed E-state index contributed by atoms with van der Waals surface area (Å²) in [5, 5.41) is 7.71. The molecule has 0 bridgehead atoms. The highest BCUT2D eigenvalue weighted by Gasteiger charge is 2.25. The maximum atomic E-state index is 5.93. The molecule has 0 aliphatic carbocycles. The Morgan fingerprint density at radius 3 is 3.03 bits per heavy atom. The van der Waals surface area contributed by atoms with Crippen LogP contribution in [0.3, 0.4) is 0 Å². The first-order valence-electron chi connectivity index (χ1n) is 9.96. The SMILES string of the molecule is CN=C(NCc1cccc(OCCCOC)c1)N1CCOC(c2cnn(C)c2)C1. The van der Waals surface area contributed by atoms with Crippen molar-refractivity contribution < 1.29 is 14.2 Å². The van der Waals surface area contributed by atoms with Crippen LogP contribution in [-0.4, -0.2) is 67.7 Å². The maximum absolute atomic E-state index is 5.93. The van der Waals surface area contributed by atoms with Crippen molar-refractivity contribution in [3.05, 3.63) is 47.8 Å². The molecule has 3 rings (SSSR count). The van der Waals surface area contributed by atoms with E-state index in [2.05, 4.69) is 32.4 Å². The van der Waals surface area contributed by atoms with Crippen molar-refractivity contribution in [1.29, 1.82) is 0 Å². The minimum Gasteiger partial charge on any atom is -0.493 e. The minimum absolute atomic E-state index is 0.000159. The number of benzene rings is 1. The van der Waals surface area contributed by atoms with E-state index in [9.17, 15) is 0 Å². The standard InChI is InChI=1S/C21H31N5O3/c1-22-21(26-8-11-29-20(16-26)18-14-24-25(2)15-18)23-13-17-6-4-7-19(12-17)28-10-5-9-27-3/h4,6-7,12,14-15,20H,5,8-11,13,16H2,1-3H3,(H,22,23). The average Bonchev–Trinajstić information content (AvgIpc) is 3.19. The van der Waals surface area contributed by atoms with E-state index in [0.29, 0.717) is 26.4 Å². The lowest BCUT2D eigenvalue weighted by molar-refractivity contribution is -0.00805. The van der Waals surface area contributed by atoms with Crippen LogP contribution >= 0.6 is 0 Å². The first-order valence-corrected chi connectivity index (χ1v) is 9.96. The van der Waals surface area contributed by atoms with Crippen molar-refractivity contribution in [1.82, 2.24) is 20.0 Å². The van der Waals surface area contributed by atoms with Crippen LogP contribution in [0.1, 0.15) is 23.7 Å². The van der Waals surface area contributed by atoms with Gasteiger partial charge in [-0.25, -0.2) is 0 Å². The lowest BCUT2D eigenvalue weighted by Gasteiger charge is -2.34. The maximum Gasteiger partial charge on any atom is 0.194 e. The Kier molecular flexibility index (Phi) is 7.89. The van der Waals surface area contributed by atoms with Crippen LogP contribution in [0.4, 0.5) is 0 Å². The Balaban J connectivity index is 1.53. The molecule has 1 aromatic heterocycles. The van der Waals surface area contributed by atoms with E-state index >= 15 is 0 Å². The highest BCUT2D eigenvalue weighted by Crippen LogP contribution is 2.21. The molecule has 8 nitrogen and oxygen atoms in total. The second kappa shape index (κ2) is 10.8. The van der Waals surface area contributed by atoms with Gasteiger partial charge in [0.05, 0.1) is 26.0 Å². The molecular weight excluding hydrogens is 370 g/mol. The Labute approximate surface area is 172 Å². The molecular formula is C21H31N5O3. The van der Waals surface area contributed by atoms with E-state index in [1.165, 1.54) is 0 Å². The summed E-state index contributed by atoms with van der Waals surface area (Å²) in [5.74, 6) is 1.74. The fourth-order valence-electron chi connectivity index (χ4n) is 3.30. The summed E-state index contributed by atoms with van der Waals surface area (Å²) in [5.41, 5.74) is 2.23. The second-order valence-electron chi connectivity index (χ2n) is 7.00. The van der Waals surface area contributed by atoms with Crippen LogP contribution in [0.25, 0.3) is 0 Å². The van der Waals surface area contributed by atoms with E-state index in [4.69, 9.17) is 14.2 Å². The third-order valence-corrected chi connectivity index (χ3v) is 4.79. The quantitative estimate of drug-likeness (QED) is 0.414. The number of guanidine groups is 1. The number of morpholine rings is 1. The summed E-state index contributed by atoms with van der Waals surface area (Å²) in [6.45, 7) is 4.24. The number of nitrogens with zero attached hydrogens (tertiary/aromatic N) is 4. The molecule has 0 radical (unpaired) electrons. The summed E-state index contributed by atoms with van der Waals surface area (Å²) < 4.78 is 18.6. The summed E-state index contributed by atoms with van der Waals surface area (Å²) in [6.07, 6.45) is 4.74. The predicted molar refractivity (Wildman–Crippen MR) is 112 cm³/mol. The van der Waals surface area contributed by atoms with E-state index in [1.54, 1.807) is 11.8 Å². The Morgan fingerprint density at radius 2 is 2.28 bits per heavy atom. The van der Waals surface area contributed by atoms with Crippen molar-refractivity contribution >= 4 is 5.96 Å². The van der Waals surface area contributed by atoms with Crippen molar-refractivity contribution in [3.8, 4) is 5.75 Å². The smallest absolute Gasteiger partial charge is 0.194 e. The highest BCUT2D eigenvalue weighted by atomic mass is 16.5. The molecule has 1 N–H and O–H groups in total. The number of rotatable bonds is 8. The first kappa shape index (κ1) is 21.1. The summed E-state index contributed by atoms with van der Waals surface area (Å²) in [7, 11) is 5.43. The van der Waals surface area contributed by atoms with Crippen molar-refractivity contribution in [2.45, 2.75) is 19.1 Å². The largest absolute Gasteiger partial charge is 0.493 e. The van der Waals surface area contributed by atoms with Gasteiger partial charge in [-0.1, -0.05) is 12.1 Å². The normalized spacial score (nSPS) is 17.4. The van der Waals surface area contributed by atoms with Crippen LogP contribution in [-0.2, 0) is 23.1 Å². The van der Waals surface area contributed by atoms with Crippen molar-refractivity contribution in [2.24, 2.45) is 12.0 Å². The zero-order valence-corrected chi connectivity index (χ0v) is 17.5. The van der Waals surface area contributed by atoms with Gasteiger partial charge in [0.1, 0.15) is 11.9 Å². The van der Waals surface area contributed by atoms with Gasteiger partial charge in [-0.3, -0.25) is 9.67 Å². The van der Waals surface area contributed by atoms with E-state index in [1.807, 2.05) is 38.6 Å². The topological polar surface area (TPSA) is 73.1 Å². The van der Waals surface area contributed by atoms with Crippen LogP contribution in [0.2, 0.25) is 0 Å². The molecule has 1 aliphatic heterocycles. The van der Waals surface area contributed by atoms with Gasteiger partial charge in [-0.2, -0.15) is 5.10 Å². The number of ether oxygens (including phenoxy) is 3. The van der Waals surface area contributed by atoms with E-state index in [0.717, 1.165) is 42.3 Å². The molecule has 1 saturated heterocycles. The Morgan fingerprint density at radius 1 is 1.38 bits per heavy atom. The fourth-order valence-corrected chi connectivity index (χ4v) is 3.30. The van der Waals surface area contributed by atoms with Crippen LogP contribution in [0.5, 0.6) is 5.75 Å². The molecule has 158 valence electrons. The van der Waals surface area contributed by atoms with E-state index in [-0.39, 0.29) is 6.10 Å². The number of nitrogens with one attached hydrogen (secondary N) is 1. The zero-order chi connectivity index (χ0) is 20.5. The van der Waals surface area contributed by atoms with Gasteiger partial charge in [0.15, 0.2) is 5.96 Å². The van der Waals surface area contributed by atoms with Gasteiger partial charge < -0.3 is 24.4 Å². The molecule has 1 aliphatic rings. The lowest BCUT2D eigenvalue weighted by atomic mass is 10.1. The number of methoxy groups -OCH3 is 1. The van der Waals surface area contributed by atoms with Crippen LogP contribution < -0.4 is 10.1 Å². The predicted octanol–water partition coefficient (Wildman–Crippen LogP) is 1.98. The highest BCUT2D eigenvalue weighted by molar-refractivity contribution is 5.80. The second-order valence-corrected chi connectivity index (χ2v) is 7.00. The Hall–Kier alpha value is -2.58. The van der Waals surface area contributed by atoms with Gasteiger partial charge in [-0.05, 0) is 17.7 Å². The lowest BCUT2D eigenvalue weighted by Crippen LogP contribution is -2.47. The summed E-state index contributed by atoms with van der Waals surface area (Å²) in [6, 6.07) is 8.13. The molecule has 0 saturated carbocycles. The third-order valence-electron chi connectivity index (χ3n) is 4.79. The minimum atomic E-state index is -0.000159. The van der Waals surface area contributed by atoms with Gasteiger partial charge in [0.2, 0.25) is 0 Å². The molecule has 1 unspecified atom stereocenters. The number of aliphatic imine (C=N–C) groups is 1. The molecule has 29 heavy (non-hydrogen) atoms. The van der Waals surface area contributed by atoms with E-state index < -0.39 is 0 Å². The first-order chi connectivity index (χ1) is 14.2. The van der Waals surface area contributed by atoms with Crippen molar-refractivity contribution in [2.75, 3.05) is 47.1 Å². The number of aryl methyl sites for hydroxylation is 1.